The lowest BCUT2D eigenvalue weighted by atomic mass is 10.1. The number of likely N-dealkylation sites (tertiary alicyclic amines) is 1. The highest BCUT2D eigenvalue weighted by atomic mass is 16.2. The molecule has 0 radical (unpaired) electrons. The summed E-state index contributed by atoms with van der Waals surface area (Å²) in [5.41, 5.74) is 10.9. The summed E-state index contributed by atoms with van der Waals surface area (Å²) in [6.07, 6.45) is 2.19. The number of nitrogens with two attached hydrogens (primary N) is 1. The van der Waals surface area contributed by atoms with Gasteiger partial charge in [-0.15, -0.1) is 0 Å². The van der Waals surface area contributed by atoms with Crippen LogP contribution in [-0.4, -0.2) is 28.5 Å². The van der Waals surface area contributed by atoms with Crippen molar-refractivity contribution in [2.45, 2.75) is 26.3 Å². The van der Waals surface area contributed by atoms with Crippen molar-refractivity contribution in [1.29, 1.82) is 0 Å². The average molecular weight is 333 g/mol. The van der Waals surface area contributed by atoms with Gasteiger partial charge in [-0.05, 0) is 49.6 Å². The van der Waals surface area contributed by atoms with Crippen LogP contribution in [0.3, 0.4) is 0 Å². The number of anilines is 1. The van der Waals surface area contributed by atoms with Crippen LogP contribution in [0.15, 0.2) is 48.5 Å². The van der Waals surface area contributed by atoms with Gasteiger partial charge >= 0.3 is 0 Å². The predicted octanol–water partition coefficient (Wildman–Crippen LogP) is 3.82. The Morgan fingerprint density at radius 2 is 1.88 bits per heavy atom. The van der Waals surface area contributed by atoms with Crippen LogP contribution >= 0.6 is 0 Å². The molecule has 1 aliphatic rings. The molecule has 1 aromatic heterocycles. The number of carbonyl (C=O) groups excluding carboxylic acids is 1. The number of nitrogens with zero attached hydrogens (tertiary/aromatic N) is 2. The van der Waals surface area contributed by atoms with Gasteiger partial charge in [0.25, 0.3) is 5.91 Å². The summed E-state index contributed by atoms with van der Waals surface area (Å²) < 4.78 is 2.13. The standard InChI is InChI=1S/C21H23N3O/c1-15-5-4-6-16(11-15)14-24-19-8-7-18(22)12-17(19)13-20(24)21(25)23-9-2-3-10-23/h4-8,11-13H,2-3,9-10,14,22H2,1H3. The van der Waals surface area contributed by atoms with Crippen LogP contribution in [0.4, 0.5) is 5.69 Å². The number of nitrogen functional groups attached to an aromatic ring is 1. The van der Waals surface area contributed by atoms with E-state index in [0.717, 1.165) is 48.2 Å². The molecule has 4 nitrogen and oxygen atoms in total. The van der Waals surface area contributed by atoms with Gasteiger partial charge in [-0.1, -0.05) is 29.8 Å². The number of hydrogen-bond donors (Lipinski definition) is 1. The van der Waals surface area contributed by atoms with Crippen LogP contribution in [0.1, 0.15) is 34.5 Å². The van der Waals surface area contributed by atoms with Gasteiger partial charge in [-0.2, -0.15) is 0 Å². The van der Waals surface area contributed by atoms with Crippen molar-refractivity contribution in [3.05, 3.63) is 65.4 Å². The first-order chi connectivity index (χ1) is 12.1. The van der Waals surface area contributed by atoms with Crippen molar-refractivity contribution in [2.24, 2.45) is 0 Å². The maximum absolute atomic E-state index is 13.1. The third-order valence-electron chi connectivity index (χ3n) is 4.96. The Balaban J connectivity index is 1.81. The van der Waals surface area contributed by atoms with E-state index in [0.29, 0.717) is 6.54 Å². The van der Waals surface area contributed by atoms with Crippen molar-refractivity contribution < 1.29 is 4.79 Å². The summed E-state index contributed by atoms with van der Waals surface area (Å²) in [5, 5.41) is 1.02. The summed E-state index contributed by atoms with van der Waals surface area (Å²) >= 11 is 0. The lowest BCUT2D eigenvalue weighted by molar-refractivity contribution is 0.0783. The quantitative estimate of drug-likeness (QED) is 0.741. The van der Waals surface area contributed by atoms with Gasteiger partial charge < -0.3 is 15.2 Å². The highest BCUT2D eigenvalue weighted by Crippen LogP contribution is 2.26. The molecule has 4 rings (SSSR count). The van der Waals surface area contributed by atoms with Crippen molar-refractivity contribution in [3.63, 3.8) is 0 Å². The lowest BCUT2D eigenvalue weighted by Gasteiger charge is -2.17. The second-order valence-electron chi connectivity index (χ2n) is 6.92. The molecule has 3 aromatic rings. The zero-order valence-corrected chi connectivity index (χ0v) is 14.5. The first kappa shape index (κ1) is 15.8. The van der Waals surface area contributed by atoms with Crippen molar-refractivity contribution in [2.75, 3.05) is 18.8 Å². The molecule has 0 atom stereocenters. The Morgan fingerprint density at radius 1 is 1.08 bits per heavy atom. The molecule has 25 heavy (non-hydrogen) atoms. The molecule has 0 saturated carbocycles. The minimum Gasteiger partial charge on any atom is -0.399 e. The van der Waals surface area contributed by atoms with Crippen LogP contribution in [0.2, 0.25) is 0 Å². The van der Waals surface area contributed by atoms with Gasteiger partial charge in [0.05, 0.1) is 0 Å². The average Bonchev–Trinajstić information content (AvgIpc) is 3.23. The molecule has 1 saturated heterocycles. The zero-order valence-electron chi connectivity index (χ0n) is 14.5. The first-order valence-electron chi connectivity index (χ1n) is 8.85. The van der Waals surface area contributed by atoms with E-state index in [1.165, 1.54) is 11.1 Å². The Hall–Kier alpha value is -2.75. The van der Waals surface area contributed by atoms with E-state index in [2.05, 4.69) is 35.8 Å². The monoisotopic (exact) mass is 333 g/mol. The van der Waals surface area contributed by atoms with Crippen LogP contribution in [0, 0.1) is 6.92 Å². The Morgan fingerprint density at radius 3 is 2.64 bits per heavy atom. The second-order valence-corrected chi connectivity index (χ2v) is 6.92. The smallest absolute Gasteiger partial charge is 0.270 e. The number of fused-ring (bicyclic) bond motifs is 1. The van der Waals surface area contributed by atoms with Crippen LogP contribution in [0.5, 0.6) is 0 Å². The number of carbonyl (C=O) groups is 1. The normalized spacial score (nSPS) is 14.4. The highest BCUT2D eigenvalue weighted by Gasteiger charge is 2.24. The number of amides is 1. The number of rotatable bonds is 3. The summed E-state index contributed by atoms with van der Waals surface area (Å²) in [5.74, 6) is 0.125. The van der Waals surface area contributed by atoms with Gasteiger partial charge in [0.1, 0.15) is 5.69 Å². The molecule has 0 bridgehead atoms. The van der Waals surface area contributed by atoms with Crippen LogP contribution < -0.4 is 5.73 Å². The largest absolute Gasteiger partial charge is 0.399 e. The number of aryl methyl sites for hydroxylation is 1. The van der Waals surface area contributed by atoms with E-state index >= 15 is 0 Å². The fourth-order valence-corrected chi connectivity index (χ4v) is 3.71. The van der Waals surface area contributed by atoms with Gasteiger partial charge in [0.15, 0.2) is 0 Å². The fraction of sp³-hybridized carbons (Fsp3) is 0.286. The molecule has 4 heteroatoms. The van der Waals surface area contributed by atoms with Crippen LogP contribution in [-0.2, 0) is 6.54 Å². The Labute approximate surface area is 147 Å². The minimum absolute atomic E-state index is 0.125. The van der Waals surface area contributed by atoms with Crippen molar-refractivity contribution >= 4 is 22.5 Å². The second kappa shape index (κ2) is 6.28. The van der Waals surface area contributed by atoms with E-state index in [9.17, 15) is 4.79 Å². The number of hydrogen-bond acceptors (Lipinski definition) is 2. The Bertz CT molecular complexity index is 935. The predicted molar refractivity (Wildman–Crippen MR) is 102 cm³/mol. The number of benzene rings is 2. The first-order valence-corrected chi connectivity index (χ1v) is 8.85. The molecule has 1 aliphatic heterocycles. The topological polar surface area (TPSA) is 51.3 Å². The highest BCUT2D eigenvalue weighted by molar-refractivity contribution is 5.99. The van der Waals surface area contributed by atoms with Gasteiger partial charge in [0.2, 0.25) is 0 Å². The summed E-state index contributed by atoms with van der Waals surface area (Å²) in [7, 11) is 0. The third-order valence-corrected chi connectivity index (χ3v) is 4.96. The molecule has 0 unspecified atom stereocenters. The van der Waals surface area contributed by atoms with E-state index in [-0.39, 0.29) is 5.91 Å². The number of aromatic nitrogens is 1. The van der Waals surface area contributed by atoms with E-state index in [1.54, 1.807) is 0 Å². The molecule has 0 spiro atoms. The van der Waals surface area contributed by atoms with E-state index in [1.807, 2.05) is 29.2 Å². The van der Waals surface area contributed by atoms with Crippen molar-refractivity contribution in [3.8, 4) is 0 Å². The molecule has 0 aliphatic carbocycles. The van der Waals surface area contributed by atoms with E-state index in [4.69, 9.17) is 5.73 Å². The molecular weight excluding hydrogens is 310 g/mol. The molecule has 1 amide bonds. The van der Waals surface area contributed by atoms with Gasteiger partial charge in [-0.25, -0.2) is 0 Å². The van der Waals surface area contributed by atoms with Gasteiger partial charge in [-0.3, -0.25) is 4.79 Å². The van der Waals surface area contributed by atoms with Crippen molar-refractivity contribution in [1.82, 2.24) is 9.47 Å². The molecule has 1 fully saturated rings. The summed E-state index contributed by atoms with van der Waals surface area (Å²) in [4.78, 5) is 15.0. The fourth-order valence-electron chi connectivity index (χ4n) is 3.71. The van der Waals surface area contributed by atoms with Gasteiger partial charge in [0, 0.05) is 36.2 Å². The molecule has 2 heterocycles. The molecular formula is C21H23N3O. The SMILES string of the molecule is Cc1cccc(Cn2c(C(=O)N3CCCC3)cc3cc(N)ccc32)c1. The maximum atomic E-state index is 13.1. The zero-order chi connectivity index (χ0) is 17.4. The molecule has 128 valence electrons. The third kappa shape index (κ3) is 3.00. The summed E-state index contributed by atoms with van der Waals surface area (Å²) in [6, 6.07) is 16.3. The molecule has 2 N–H and O–H groups in total. The summed E-state index contributed by atoms with van der Waals surface area (Å²) in [6.45, 7) is 4.48. The van der Waals surface area contributed by atoms with E-state index < -0.39 is 0 Å². The maximum Gasteiger partial charge on any atom is 0.270 e. The Kier molecular flexibility index (Phi) is 3.96. The minimum atomic E-state index is 0.125. The molecule has 2 aromatic carbocycles. The van der Waals surface area contributed by atoms with Crippen LogP contribution in [0.25, 0.3) is 10.9 Å². The lowest BCUT2D eigenvalue weighted by Crippen LogP contribution is -2.29.